The molecule has 0 spiro atoms. The third-order valence-corrected chi connectivity index (χ3v) is 2.44. The number of alkyl halides is 3. The van der Waals surface area contributed by atoms with Crippen molar-refractivity contribution in [1.82, 2.24) is 0 Å². The fourth-order valence-corrected chi connectivity index (χ4v) is 1.44. The second-order valence-electron chi connectivity index (χ2n) is 3.75. The van der Waals surface area contributed by atoms with Crippen molar-refractivity contribution in [3.8, 4) is 0 Å². The van der Waals surface area contributed by atoms with E-state index in [1.807, 2.05) is 0 Å². The molecule has 0 radical (unpaired) electrons. The van der Waals surface area contributed by atoms with E-state index in [2.05, 4.69) is 0 Å². The van der Waals surface area contributed by atoms with E-state index in [4.69, 9.17) is 5.73 Å². The summed E-state index contributed by atoms with van der Waals surface area (Å²) in [6.07, 6.45) is -8.73. The van der Waals surface area contributed by atoms with Crippen LogP contribution in [-0.4, -0.2) is 28.5 Å². The zero-order valence-corrected chi connectivity index (χ0v) is 9.39. The molecular weight excluding hydrogens is 267 g/mol. The van der Waals surface area contributed by atoms with Gasteiger partial charge in [-0.2, -0.15) is 13.2 Å². The van der Waals surface area contributed by atoms with Crippen molar-refractivity contribution >= 4 is 12.2 Å². The van der Waals surface area contributed by atoms with Crippen LogP contribution in [0.15, 0.2) is 18.2 Å². The lowest BCUT2D eigenvalue weighted by Crippen LogP contribution is -2.34. The van der Waals surface area contributed by atoms with E-state index in [9.17, 15) is 33.0 Å². The molecule has 5 nitrogen and oxygen atoms in total. The van der Waals surface area contributed by atoms with Crippen LogP contribution < -0.4 is 5.73 Å². The summed E-state index contributed by atoms with van der Waals surface area (Å²) in [5.41, 5.74) is 2.47. The zero-order chi connectivity index (χ0) is 14.8. The van der Waals surface area contributed by atoms with Crippen molar-refractivity contribution in [2.75, 3.05) is 0 Å². The van der Waals surface area contributed by atoms with Gasteiger partial charge in [0.2, 0.25) is 5.91 Å². The second kappa shape index (κ2) is 5.37. The van der Waals surface area contributed by atoms with Gasteiger partial charge in [0.25, 0.3) is 0 Å². The number of benzene rings is 1. The Bertz CT molecular complexity index is 501. The van der Waals surface area contributed by atoms with Crippen molar-refractivity contribution in [1.29, 1.82) is 0 Å². The van der Waals surface area contributed by atoms with Gasteiger partial charge in [-0.15, -0.1) is 0 Å². The number of hydrogen-bond acceptors (Lipinski definition) is 4. The molecule has 0 saturated carbocycles. The molecule has 0 fully saturated rings. The van der Waals surface area contributed by atoms with Gasteiger partial charge in [0.1, 0.15) is 6.10 Å². The predicted octanol–water partition coefficient (Wildman–Crippen LogP) is 0.398. The van der Waals surface area contributed by atoms with Crippen molar-refractivity contribution in [3.63, 3.8) is 0 Å². The van der Waals surface area contributed by atoms with E-state index < -0.39 is 35.4 Å². The first kappa shape index (κ1) is 15.1. The molecule has 4 N–H and O–H groups in total. The van der Waals surface area contributed by atoms with Crippen LogP contribution in [0.3, 0.4) is 0 Å². The van der Waals surface area contributed by atoms with Crippen LogP contribution in [-0.2, 0) is 11.0 Å². The summed E-state index contributed by atoms with van der Waals surface area (Å²) in [6, 6.07) is 2.32. The number of aliphatic hydroxyl groups excluding tert-OH is 2. The van der Waals surface area contributed by atoms with E-state index in [0.717, 1.165) is 12.1 Å². The van der Waals surface area contributed by atoms with E-state index in [0.29, 0.717) is 6.07 Å². The van der Waals surface area contributed by atoms with E-state index >= 15 is 0 Å². The third-order valence-electron chi connectivity index (χ3n) is 2.44. The normalized spacial score (nSPS) is 14.8. The van der Waals surface area contributed by atoms with E-state index in [1.54, 1.807) is 0 Å². The SMILES string of the molecule is NC(=O)C(O)C(O)c1ccc(C=O)c(C(F)(F)F)c1. The minimum Gasteiger partial charge on any atom is -0.385 e. The summed E-state index contributed by atoms with van der Waals surface area (Å²) in [6.45, 7) is 0. The molecule has 1 rings (SSSR count). The lowest BCUT2D eigenvalue weighted by Gasteiger charge is -2.17. The summed E-state index contributed by atoms with van der Waals surface area (Å²) in [7, 11) is 0. The Hall–Kier alpha value is -1.93. The van der Waals surface area contributed by atoms with Crippen LogP contribution >= 0.6 is 0 Å². The van der Waals surface area contributed by atoms with Gasteiger partial charge in [0.15, 0.2) is 12.4 Å². The molecule has 1 aromatic rings. The van der Waals surface area contributed by atoms with Gasteiger partial charge in [-0.1, -0.05) is 12.1 Å². The molecule has 2 atom stereocenters. The molecule has 0 bridgehead atoms. The maximum Gasteiger partial charge on any atom is 0.417 e. The van der Waals surface area contributed by atoms with Gasteiger partial charge in [0.05, 0.1) is 5.56 Å². The first-order valence-corrected chi connectivity index (χ1v) is 5.00. The van der Waals surface area contributed by atoms with Crippen molar-refractivity contribution < 1.29 is 33.0 Å². The van der Waals surface area contributed by atoms with Crippen molar-refractivity contribution in [3.05, 3.63) is 34.9 Å². The lowest BCUT2D eigenvalue weighted by molar-refractivity contribution is -0.138. The van der Waals surface area contributed by atoms with E-state index in [1.165, 1.54) is 0 Å². The summed E-state index contributed by atoms with van der Waals surface area (Å²) < 4.78 is 37.9. The number of aliphatic hydroxyl groups is 2. The van der Waals surface area contributed by atoms with Crippen LogP contribution in [0.4, 0.5) is 13.2 Å². The molecule has 1 aromatic carbocycles. The number of rotatable bonds is 4. The lowest BCUT2D eigenvalue weighted by atomic mass is 9.98. The highest BCUT2D eigenvalue weighted by Crippen LogP contribution is 2.33. The highest BCUT2D eigenvalue weighted by molar-refractivity contribution is 5.80. The molecule has 104 valence electrons. The molecule has 0 aromatic heterocycles. The molecule has 0 aliphatic carbocycles. The number of aldehydes is 1. The minimum atomic E-state index is -4.80. The quantitative estimate of drug-likeness (QED) is 0.693. The average molecular weight is 277 g/mol. The third kappa shape index (κ3) is 3.30. The second-order valence-corrected chi connectivity index (χ2v) is 3.75. The number of primary amides is 1. The smallest absolute Gasteiger partial charge is 0.385 e. The highest BCUT2D eigenvalue weighted by atomic mass is 19.4. The Morgan fingerprint density at radius 2 is 1.89 bits per heavy atom. The van der Waals surface area contributed by atoms with Crippen LogP contribution in [0.25, 0.3) is 0 Å². The van der Waals surface area contributed by atoms with Gasteiger partial charge in [0, 0.05) is 5.56 Å². The van der Waals surface area contributed by atoms with E-state index in [-0.39, 0.29) is 11.8 Å². The van der Waals surface area contributed by atoms with Crippen LogP contribution in [0, 0.1) is 0 Å². The first-order chi connectivity index (χ1) is 8.68. The fraction of sp³-hybridized carbons (Fsp3) is 0.273. The molecule has 19 heavy (non-hydrogen) atoms. The number of carbonyl (C=O) groups excluding carboxylic acids is 2. The van der Waals surface area contributed by atoms with Crippen molar-refractivity contribution in [2.45, 2.75) is 18.4 Å². The van der Waals surface area contributed by atoms with Crippen molar-refractivity contribution in [2.24, 2.45) is 5.73 Å². The van der Waals surface area contributed by atoms with Gasteiger partial charge < -0.3 is 15.9 Å². The number of halogens is 3. The summed E-state index contributed by atoms with van der Waals surface area (Å²) in [5.74, 6) is -1.28. The number of amides is 1. The molecular formula is C11H10F3NO4. The Morgan fingerprint density at radius 3 is 2.32 bits per heavy atom. The number of hydrogen-bond donors (Lipinski definition) is 3. The summed E-state index contributed by atoms with van der Waals surface area (Å²) in [4.78, 5) is 21.2. The summed E-state index contributed by atoms with van der Waals surface area (Å²) >= 11 is 0. The standard InChI is InChI=1S/C11H10F3NO4/c12-11(13,14)7-3-5(1-2-6(7)4-16)8(17)9(18)10(15)19/h1-4,8-9,17-18H,(H2,15,19). The molecule has 8 heteroatoms. The molecule has 1 amide bonds. The monoisotopic (exact) mass is 277 g/mol. The Kier molecular flexibility index (Phi) is 4.28. The fourth-order valence-electron chi connectivity index (χ4n) is 1.44. The van der Waals surface area contributed by atoms with Gasteiger partial charge >= 0.3 is 6.18 Å². The Balaban J connectivity index is 3.26. The molecule has 0 saturated heterocycles. The number of nitrogens with two attached hydrogens (primary N) is 1. The minimum absolute atomic E-state index is 0.0174. The first-order valence-electron chi connectivity index (χ1n) is 5.00. The molecule has 0 heterocycles. The van der Waals surface area contributed by atoms with Crippen LogP contribution in [0.2, 0.25) is 0 Å². The molecule has 0 aliphatic rings. The largest absolute Gasteiger partial charge is 0.417 e. The predicted molar refractivity (Wildman–Crippen MR) is 57.0 cm³/mol. The molecule has 0 aliphatic heterocycles. The molecule has 2 unspecified atom stereocenters. The zero-order valence-electron chi connectivity index (χ0n) is 9.39. The van der Waals surface area contributed by atoms with Gasteiger partial charge in [-0.3, -0.25) is 9.59 Å². The Labute approximate surface area is 105 Å². The number of carbonyl (C=O) groups is 2. The van der Waals surface area contributed by atoms with Crippen LogP contribution in [0.5, 0.6) is 0 Å². The maximum absolute atomic E-state index is 12.6. The summed E-state index contributed by atoms with van der Waals surface area (Å²) in [5, 5.41) is 18.7. The highest BCUT2D eigenvalue weighted by Gasteiger charge is 2.35. The van der Waals surface area contributed by atoms with Gasteiger partial charge in [-0.25, -0.2) is 0 Å². The average Bonchev–Trinajstić information content (AvgIpc) is 2.35. The maximum atomic E-state index is 12.6. The van der Waals surface area contributed by atoms with Crippen LogP contribution in [0.1, 0.15) is 27.6 Å². The topological polar surface area (TPSA) is 101 Å². The van der Waals surface area contributed by atoms with Gasteiger partial charge in [-0.05, 0) is 11.6 Å². The Morgan fingerprint density at radius 1 is 1.32 bits per heavy atom.